The van der Waals surface area contributed by atoms with E-state index in [0.29, 0.717) is 19.7 Å². The number of nitrogens with zero attached hydrogens (tertiary/aromatic N) is 1. The number of hydrogen-bond donors (Lipinski definition) is 2. The predicted octanol–water partition coefficient (Wildman–Crippen LogP) is 1.42. The zero-order chi connectivity index (χ0) is 17.8. The lowest BCUT2D eigenvalue weighted by Crippen LogP contribution is -2.58. The van der Waals surface area contributed by atoms with Gasteiger partial charge < -0.3 is 15.4 Å². The highest BCUT2D eigenvalue weighted by Crippen LogP contribution is 2.18. The number of benzene rings is 1. The normalized spacial score (nSPS) is 27.9. The molecule has 7 heteroatoms. The number of rotatable bonds is 4. The largest absolute Gasteiger partial charge is 0.375 e. The van der Waals surface area contributed by atoms with Crippen LogP contribution in [0.4, 0.5) is 8.78 Å². The highest BCUT2D eigenvalue weighted by molar-refractivity contribution is 5.82. The number of morpholine rings is 1. The maximum Gasteiger partial charge on any atom is 0.240 e. The molecular formula is C18H25F2N3O2. The highest BCUT2D eigenvalue weighted by Gasteiger charge is 2.31. The molecule has 0 spiro atoms. The van der Waals surface area contributed by atoms with Crippen LogP contribution in [0.2, 0.25) is 0 Å². The van der Waals surface area contributed by atoms with Crippen LogP contribution in [-0.2, 0) is 16.1 Å². The van der Waals surface area contributed by atoms with Gasteiger partial charge >= 0.3 is 0 Å². The van der Waals surface area contributed by atoms with Crippen LogP contribution in [0.5, 0.6) is 0 Å². The Labute approximate surface area is 146 Å². The molecule has 2 aliphatic rings. The summed E-state index contributed by atoms with van der Waals surface area (Å²) in [7, 11) is 0. The first-order chi connectivity index (χ1) is 12.0. The summed E-state index contributed by atoms with van der Waals surface area (Å²) in [4.78, 5) is 14.4. The molecule has 1 aromatic rings. The fraction of sp³-hybridized carbons (Fsp3) is 0.611. The van der Waals surface area contributed by atoms with Crippen LogP contribution >= 0.6 is 0 Å². The highest BCUT2D eigenvalue weighted by atomic mass is 19.1. The number of amides is 1. The van der Waals surface area contributed by atoms with Gasteiger partial charge in [0.2, 0.25) is 5.91 Å². The number of piperidine rings is 1. The van der Waals surface area contributed by atoms with Gasteiger partial charge in [-0.25, -0.2) is 8.78 Å². The van der Waals surface area contributed by atoms with Gasteiger partial charge in [0.25, 0.3) is 0 Å². The zero-order valence-corrected chi connectivity index (χ0v) is 14.4. The zero-order valence-electron chi connectivity index (χ0n) is 14.4. The van der Waals surface area contributed by atoms with Crippen molar-refractivity contribution in [1.29, 1.82) is 0 Å². The van der Waals surface area contributed by atoms with Crippen molar-refractivity contribution in [3.8, 4) is 0 Å². The molecule has 1 unspecified atom stereocenters. The van der Waals surface area contributed by atoms with Gasteiger partial charge in [0.15, 0.2) is 0 Å². The van der Waals surface area contributed by atoms with Gasteiger partial charge in [-0.15, -0.1) is 0 Å². The topological polar surface area (TPSA) is 53.6 Å². The van der Waals surface area contributed by atoms with E-state index < -0.39 is 11.6 Å². The number of carbonyl (C=O) groups excluding carboxylic acids is 1. The Morgan fingerprint density at radius 3 is 2.88 bits per heavy atom. The molecule has 0 bridgehead atoms. The second kappa shape index (κ2) is 8.21. The van der Waals surface area contributed by atoms with E-state index in [1.165, 1.54) is 18.2 Å². The molecular weight excluding hydrogens is 328 g/mol. The quantitative estimate of drug-likeness (QED) is 0.860. The maximum absolute atomic E-state index is 13.8. The van der Waals surface area contributed by atoms with E-state index in [-0.39, 0.29) is 36.2 Å². The smallest absolute Gasteiger partial charge is 0.240 e. The van der Waals surface area contributed by atoms with Gasteiger partial charge in [-0.2, -0.15) is 0 Å². The van der Waals surface area contributed by atoms with Crippen LogP contribution in [0.1, 0.15) is 25.3 Å². The van der Waals surface area contributed by atoms with Gasteiger partial charge in [0.1, 0.15) is 17.7 Å². The van der Waals surface area contributed by atoms with E-state index in [1.54, 1.807) is 0 Å². The molecule has 2 fully saturated rings. The predicted molar refractivity (Wildman–Crippen MR) is 90.0 cm³/mol. The Balaban J connectivity index is 1.57. The van der Waals surface area contributed by atoms with Crippen LogP contribution in [0.15, 0.2) is 18.2 Å². The number of likely N-dealkylation sites (tertiary alicyclic amines) is 1. The first-order valence-corrected chi connectivity index (χ1v) is 8.85. The molecule has 0 radical (unpaired) electrons. The summed E-state index contributed by atoms with van der Waals surface area (Å²) in [6.07, 6.45) is 1.58. The van der Waals surface area contributed by atoms with Gasteiger partial charge in [-0.3, -0.25) is 9.69 Å². The summed E-state index contributed by atoms with van der Waals surface area (Å²) in [5.74, 6) is -1.12. The summed E-state index contributed by atoms with van der Waals surface area (Å²) < 4.78 is 33.2. The van der Waals surface area contributed by atoms with E-state index in [2.05, 4.69) is 10.6 Å². The van der Waals surface area contributed by atoms with Gasteiger partial charge in [0.05, 0.1) is 12.7 Å². The van der Waals surface area contributed by atoms with E-state index in [4.69, 9.17) is 4.74 Å². The third kappa shape index (κ3) is 4.54. The second-order valence-corrected chi connectivity index (χ2v) is 6.79. The second-order valence-electron chi connectivity index (χ2n) is 6.79. The average Bonchev–Trinajstić information content (AvgIpc) is 2.59. The molecule has 2 saturated heterocycles. The summed E-state index contributed by atoms with van der Waals surface area (Å²) in [6.45, 7) is 4.71. The molecule has 0 aromatic heterocycles. The Morgan fingerprint density at radius 1 is 1.40 bits per heavy atom. The SMILES string of the molecule is C[C@H]1OCCN[C@@H]1C(=O)NC1CCCN(Cc2c(F)cccc2F)C1. The molecule has 2 N–H and O–H groups in total. The van der Waals surface area contributed by atoms with Crippen LogP contribution in [-0.4, -0.2) is 55.2 Å². The maximum atomic E-state index is 13.8. The van der Waals surface area contributed by atoms with Crippen LogP contribution in [0.25, 0.3) is 0 Å². The Bertz CT molecular complexity index is 594. The van der Waals surface area contributed by atoms with Crippen molar-refractivity contribution in [2.75, 3.05) is 26.2 Å². The minimum Gasteiger partial charge on any atom is -0.375 e. The van der Waals surface area contributed by atoms with E-state index in [1.807, 2.05) is 11.8 Å². The standard InChI is InChI=1S/C18H25F2N3O2/c1-12-17(21-7-9-25-12)18(24)22-13-4-3-8-23(10-13)11-14-15(19)5-2-6-16(14)20/h2,5-6,12-13,17,21H,3-4,7-11H2,1H3,(H,22,24)/t12-,13?,17+/m1/s1. The molecule has 3 atom stereocenters. The van der Waals surface area contributed by atoms with Crippen molar-refractivity contribution in [3.05, 3.63) is 35.4 Å². The summed E-state index contributed by atoms with van der Waals surface area (Å²) in [5, 5.41) is 6.23. The van der Waals surface area contributed by atoms with E-state index in [0.717, 1.165) is 19.4 Å². The Kier molecular flexibility index (Phi) is 5.98. The van der Waals surface area contributed by atoms with Crippen molar-refractivity contribution in [1.82, 2.24) is 15.5 Å². The fourth-order valence-electron chi connectivity index (χ4n) is 3.54. The average molecular weight is 353 g/mol. The molecule has 138 valence electrons. The first-order valence-electron chi connectivity index (χ1n) is 8.85. The summed E-state index contributed by atoms with van der Waals surface area (Å²) >= 11 is 0. The van der Waals surface area contributed by atoms with Gasteiger partial charge in [-0.1, -0.05) is 6.07 Å². The summed E-state index contributed by atoms with van der Waals surface area (Å²) in [5.41, 5.74) is 0.0884. The lowest BCUT2D eigenvalue weighted by atomic mass is 10.0. The minimum absolute atomic E-state index is 0.0213. The number of halogens is 2. The lowest BCUT2D eigenvalue weighted by Gasteiger charge is -2.35. The van der Waals surface area contributed by atoms with Crippen molar-refractivity contribution in [3.63, 3.8) is 0 Å². The van der Waals surface area contributed by atoms with Crippen molar-refractivity contribution >= 4 is 5.91 Å². The summed E-state index contributed by atoms with van der Waals surface area (Å²) in [6, 6.07) is 3.55. The van der Waals surface area contributed by atoms with Crippen molar-refractivity contribution < 1.29 is 18.3 Å². The molecule has 1 amide bonds. The van der Waals surface area contributed by atoms with Crippen LogP contribution in [0.3, 0.4) is 0 Å². The minimum atomic E-state index is -0.525. The third-order valence-electron chi connectivity index (χ3n) is 4.89. The number of ether oxygens (including phenoxy) is 1. The van der Waals surface area contributed by atoms with E-state index >= 15 is 0 Å². The molecule has 2 heterocycles. The third-order valence-corrected chi connectivity index (χ3v) is 4.89. The van der Waals surface area contributed by atoms with Crippen molar-refractivity contribution in [2.24, 2.45) is 0 Å². The van der Waals surface area contributed by atoms with Gasteiger partial charge in [-0.05, 0) is 38.4 Å². The van der Waals surface area contributed by atoms with Crippen LogP contribution in [0, 0.1) is 11.6 Å². The fourth-order valence-corrected chi connectivity index (χ4v) is 3.54. The molecule has 25 heavy (non-hydrogen) atoms. The number of carbonyl (C=O) groups is 1. The van der Waals surface area contributed by atoms with Gasteiger partial charge in [0, 0.05) is 31.2 Å². The number of hydrogen-bond acceptors (Lipinski definition) is 4. The molecule has 0 aliphatic carbocycles. The van der Waals surface area contributed by atoms with E-state index in [9.17, 15) is 13.6 Å². The molecule has 2 aliphatic heterocycles. The first kappa shape index (κ1) is 18.2. The Morgan fingerprint density at radius 2 is 2.16 bits per heavy atom. The lowest BCUT2D eigenvalue weighted by molar-refractivity contribution is -0.130. The Hall–Kier alpha value is -1.57. The molecule has 3 rings (SSSR count). The van der Waals surface area contributed by atoms with Crippen molar-refractivity contribution in [2.45, 2.75) is 44.5 Å². The molecule has 5 nitrogen and oxygen atoms in total. The monoisotopic (exact) mass is 353 g/mol. The molecule has 1 aromatic carbocycles. The van der Waals surface area contributed by atoms with Crippen LogP contribution < -0.4 is 10.6 Å². The molecule has 0 saturated carbocycles. The number of nitrogens with one attached hydrogen (secondary N) is 2.